The summed E-state index contributed by atoms with van der Waals surface area (Å²) in [5.41, 5.74) is 0.456. The third-order valence-electron chi connectivity index (χ3n) is 5.34. The number of carbonyl (C=O) groups excluding carboxylic acids is 3. The predicted octanol–water partition coefficient (Wildman–Crippen LogP) is 3.11. The van der Waals surface area contributed by atoms with Crippen LogP contribution in [0.15, 0.2) is 24.3 Å². The second kappa shape index (κ2) is 6.41. The van der Waals surface area contributed by atoms with E-state index in [9.17, 15) is 14.4 Å². The Morgan fingerprint density at radius 2 is 1.88 bits per heavy atom. The molecule has 3 rings (SSSR count). The third-order valence-corrected chi connectivity index (χ3v) is 5.34. The average molecular weight is 358 g/mol. The molecule has 2 aliphatic rings. The quantitative estimate of drug-likeness (QED) is 0.665. The lowest BCUT2D eigenvalue weighted by atomic mass is 9.64. The summed E-state index contributed by atoms with van der Waals surface area (Å²) >= 11 is 0. The van der Waals surface area contributed by atoms with Gasteiger partial charge in [0.25, 0.3) is 5.91 Å². The van der Waals surface area contributed by atoms with E-state index in [0.717, 1.165) is 12.0 Å². The molecule has 0 bridgehead atoms. The van der Waals surface area contributed by atoms with Crippen LogP contribution < -0.4 is 5.32 Å². The summed E-state index contributed by atoms with van der Waals surface area (Å²) in [5.74, 6) is -0.176. The van der Waals surface area contributed by atoms with Crippen molar-refractivity contribution in [1.82, 2.24) is 10.2 Å². The lowest BCUT2D eigenvalue weighted by Crippen LogP contribution is -2.54. The first-order chi connectivity index (χ1) is 12.2. The van der Waals surface area contributed by atoms with Gasteiger partial charge in [0.1, 0.15) is 5.54 Å². The molecule has 0 aromatic heterocycles. The van der Waals surface area contributed by atoms with Crippen molar-refractivity contribution < 1.29 is 19.1 Å². The molecule has 1 aromatic carbocycles. The summed E-state index contributed by atoms with van der Waals surface area (Å²) in [4.78, 5) is 38.5. The third kappa shape index (κ3) is 3.32. The van der Waals surface area contributed by atoms with Crippen LogP contribution in [0, 0.1) is 11.3 Å². The molecular formula is C20H26N2O4. The first-order valence-electron chi connectivity index (χ1n) is 8.97. The largest absolute Gasteiger partial charge is 0.465 e. The molecule has 1 spiro atoms. The maximum Gasteiger partial charge on any atom is 0.337 e. The van der Waals surface area contributed by atoms with Crippen molar-refractivity contribution in [3.8, 4) is 0 Å². The standard InChI is InChI=1S/C20H26N2O4/c1-13-9-19(2,3)12-20(10-13)17(24)22(18(25)21-20)11-14-5-7-15(8-6-14)16(23)26-4/h5-8,13H,9-12H2,1-4H3,(H,21,25)/t13-,20+/m1/s1. The Morgan fingerprint density at radius 1 is 1.23 bits per heavy atom. The summed E-state index contributed by atoms with van der Waals surface area (Å²) in [6.45, 7) is 6.63. The van der Waals surface area contributed by atoms with Crippen LogP contribution in [0.25, 0.3) is 0 Å². The number of esters is 1. The fourth-order valence-corrected chi connectivity index (χ4v) is 4.70. The predicted molar refractivity (Wildman–Crippen MR) is 96.4 cm³/mol. The molecule has 6 heteroatoms. The molecule has 2 atom stereocenters. The monoisotopic (exact) mass is 358 g/mol. The highest BCUT2D eigenvalue weighted by molar-refractivity contribution is 6.07. The van der Waals surface area contributed by atoms with E-state index < -0.39 is 11.5 Å². The van der Waals surface area contributed by atoms with Crippen molar-refractivity contribution in [3.63, 3.8) is 0 Å². The Bertz CT molecular complexity index is 741. The summed E-state index contributed by atoms with van der Waals surface area (Å²) in [5, 5.41) is 2.98. The van der Waals surface area contributed by atoms with E-state index in [0.29, 0.717) is 24.3 Å². The number of hydrogen-bond acceptors (Lipinski definition) is 4. The van der Waals surface area contributed by atoms with Crippen molar-refractivity contribution in [2.75, 3.05) is 7.11 Å². The van der Waals surface area contributed by atoms with Crippen LogP contribution in [0.5, 0.6) is 0 Å². The van der Waals surface area contributed by atoms with Gasteiger partial charge in [-0.25, -0.2) is 9.59 Å². The van der Waals surface area contributed by atoms with Crippen LogP contribution >= 0.6 is 0 Å². The molecule has 1 aliphatic carbocycles. The Hall–Kier alpha value is -2.37. The van der Waals surface area contributed by atoms with Gasteiger partial charge < -0.3 is 10.1 Å². The number of imide groups is 1. The van der Waals surface area contributed by atoms with E-state index in [1.54, 1.807) is 24.3 Å². The number of carbonyl (C=O) groups is 3. The molecule has 1 aliphatic heterocycles. The van der Waals surface area contributed by atoms with Crippen molar-refractivity contribution in [2.24, 2.45) is 11.3 Å². The van der Waals surface area contributed by atoms with E-state index in [1.165, 1.54) is 12.0 Å². The smallest absolute Gasteiger partial charge is 0.337 e. The number of rotatable bonds is 3. The van der Waals surface area contributed by atoms with Gasteiger partial charge in [0.05, 0.1) is 19.2 Å². The zero-order chi connectivity index (χ0) is 19.1. The zero-order valence-corrected chi connectivity index (χ0v) is 15.8. The van der Waals surface area contributed by atoms with Crippen molar-refractivity contribution in [1.29, 1.82) is 0 Å². The van der Waals surface area contributed by atoms with Crippen LogP contribution in [0.4, 0.5) is 4.79 Å². The fraction of sp³-hybridized carbons (Fsp3) is 0.550. The maximum absolute atomic E-state index is 13.1. The zero-order valence-electron chi connectivity index (χ0n) is 15.8. The van der Waals surface area contributed by atoms with Crippen LogP contribution in [-0.4, -0.2) is 35.5 Å². The van der Waals surface area contributed by atoms with E-state index in [4.69, 9.17) is 0 Å². The molecule has 0 radical (unpaired) electrons. The highest BCUT2D eigenvalue weighted by atomic mass is 16.5. The van der Waals surface area contributed by atoms with E-state index in [-0.39, 0.29) is 23.9 Å². The summed E-state index contributed by atoms with van der Waals surface area (Å²) in [6.07, 6.45) is 2.39. The molecule has 2 fully saturated rings. The molecule has 1 saturated carbocycles. The summed E-state index contributed by atoms with van der Waals surface area (Å²) in [6, 6.07) is 6.43. The second-order valence-electron chi connectivity index (χ2n) is 8.45. The minimum absolute atomic E-state index is 0.0127. The van der Waals surface area contributed by atoms with Crippen molar-refractivity contribution in [3.05, 3.63) is 35.4 Å². The number of nitrogens with zero attached hydrogens (tertiary/aromatic N) is 1. The van der Waals surface area contributed by atoms with Crippen molar-refractivity contribution in [2.45, 2.75) is 52.1 Å². The minimum atomic E-state index is -0.787. The van der Waals surface area contributed by atoms with E-state index in [1.807, 2.05) is 0 Å². The molecule has 1 heterocycles. The van der Waals surface area contributed by atoms with E-state index in [2.05, 4.69) is 30.8 Å². The molecule has 3 amide bonds. The molecule has 6 nitrogen and oxygen atoms in total. The molecule has 1 saturated heterocycles. The second-order valence-corrected chi connectivity index (χ2v) is 8.45. The summed E-state index contributed by atoms with van der Waals surface area (Å²) in [7, 11) is 1.33. The maximum atomic E-state index is 13.1. The molecule has 1 N–H and O–H groups in total. The Balaban J connectivity index is 1.78. The van der Waals surface area contributed by atoms with Gasteiger partial charge in [-0.2, -0.15) is 0 Å². The Kier molecular flexibility index (Phi) is 4.54. The molecule has 140 valence electrons. The molecular weight excluding hydrogens is 332 g/mol. The number of ether oxygens (including phenoxy) is 1. The molecule has 0 unspecified atom stereocenters. The van der Waals surface area contributed by atoms with Crippen LogP contribution in [-0.2, 0) is 16.1 Å². The lowest BCUT2D eigenvalue weighted by Gasteiger charge is -2.43. The van der Waals surface area contributed by atoms with Gasteiger partial charge in [0, 0.05) is 0 Å². The SMILES string of the molecule is COC(=O)c1ccc(CN2C(=O)N[C@]3(C[C@H](C)CC(C)(C)C3)C2=O)cc1. The number of nitrogens with one attached hydrogen (secondary N) is 1. The van der Waals surface area contributed by atoms with Crippen molar-refractivity contribution >= 4 is 17.9 Å². The Labute approximate surface area is 153 Å². The number of urea groups is 1. The normalized spacial score (nSPS) is 27.5. The van der Waals surface area contributed by atoms with Gasteiger partial charge in [-0.1, -0.05) is 32.9 Å². The van der Waals surface area contributed by atoms with Gasteiger partial charge in [-0.3, -0.25) is 9.69 Å². The van der Waals surface area contributed by atoms with Gasteiger partial charge in [0.15, 0.2) is 0 Å². The minimum Gasteiger partial charge on any atom is -0.465 e. The highest BCUT2D eigenvalue weighted by Gasteiger charge is 2.55. The number of hydrogen-bond donors (Lipinski definition) is 1. The lowest BCUT2D eigenvalue weighted by molar-refractivity contribution is -0.135. The first kappa shape index (κ1) is 18.4. The first-order valence-corrected chi connectivity index (χ1v) is 8.97. The number of amides is 3. The fourth-order valence-electron chi connectivity index (χ4n) is 4.70. The average Bonchev–Trinajstić information content (AvgIpc) is 2.76. The molecule has 26 heavy (non-hydrogen) atoms. The summed E-state index contributed by atoms with van der Waals surface area (Å²) < 4.78 is 4.68. The van der Waals surface area contributed by atoms with Crippen LogP contribution in [0.1, 0.15) is 56.0 Å². The number of benzene rings is 1. The van der Waals surface area contributed by atoms with Gasteiger partial charge in [-0.15, -0.1) is 0 Å². The van der Waals surface area contributed by atoms with Gasteiger partial charge >= 0.3 is 12.0 Å². The van der Waals surface area contributed by atoms with Crippen LogP contribution in [0.2, 0.25) is 0 Å². The van der Waals surface area contributed by atoms with Gasteiger partial charge in [0.2, 0.25) is 0 Å². The topological polar surface area (TPSA) is 75.7 Å². The number of methoxy groups -OCH3 is 1. The Morgan fingerprint density at radius 3 is 2.46 bits per heavy atom. The molecule has 1 aromatic rings. The van der Waals surface area contributed by atoms with Crippen LogP contribution in [0.3, 0.4) is 0 Å². The highest BCUT2D eigenvalue weighted by Crippen LogP contribution is 2.46. The van der Waals surface area contributed by atoms with Gasteiger partial charge in [-0.05, 0) is 48.3 Å². The van der Waals surface area contributed by atoms with E-state index >= 15 is 0 Å².